The summed E-state index contributed by atoms with van der Waals surface area (Å²) in [5.41, 5.74) is 2.47. The van der Waals surface area contributed by atoms with Gasteiger partial charge in [-0.15, -0.1) is 0 Å². The fourth-order valence-corrected chi connectivity index (χ4v) is 3.79. The molecule has 1 amide bonds. The molecule has 2 aliphatic rings. The zero-order valence-electron chi connectivity index (χ0n) is 13.1. The van der Waals surface area contributed by atoms with Crippen molar-refractivity contribution < 1.29 is 4.79 Å². The summed E-state index contributed by atoms with van der Waals surface area (Å²) in [4.78, 5) is 14.5. The maximum absolute atomic E-state index is 12.3. The van der Waals surface area contributed by atoms with Crippen LogP contribution in [0.5, 0.6) is 0 Å². The maximum Gasteiger partial charge on any atom is 0.238 e. The number of hydrogen-bond donors (Lipinski definition) is 1. The molecular formula is C18H26N2O. The van der Waals surface area contributed by atoms with Crippen LogP contribution in [0, 0.1) is 12.8 Å². The van der Waals surface area contributed by atoms with Crippen molar-refractivity contribution in [3.05, 3.63) is 35.4 Å². The fourth-order valence-electron chi connectivity index (χ4n) is 3.79. The summed E-state index contributed by atoms with van der Waals surface area (Å²) in [6.07, 6.45) is 6.21. The van der Waals surface area contributed by atoms with E-state index in [1.165, 1.54) is 30.4 Å². The Labute approximate surface area is 127 Å². The van der Waals surface area contributed by atoms with E-state index < -0.39 is 0 Å². The molecule has 1 aromatic carbocycles. The largest absolute Gasteiger partial charge is 0.319 e. The van der Waals surface area contributed by atoms with Gasteiger partial charge in [-0.25, -0.2) is 0 Å². The average molecular weight is 286 g/mol. The second kappa shape index (κ2) is 6.18. The van der Waals surface area contributed by atoms with Gasteiger partial charge in [0.1, 0.15) is 6.17 Å². The lowest BCUT2D eigenvalue weighted by Gasteiger charge is -2.37. The number of nitrogens with one attached hydrogen (secondary N) is 1. The molecule has 1 saturated carbocycles. The van der Waals surface area contributed by atoms with Gasteiger partial charge in [-0.1, -0.05) is 43.2 Å². The molecule has 1 unspecified atom stereocenters. The van der Waals surface area contributed by atoms with Crippen molar-refractivity contribution in [2.24, 2.45) is 5.92 Å². The summed E-state index contributed by atoms with van der Waals surface area (Å²) in [5.74, 6) is 1.13. The van der Waals surface area contributed by atoms with Crippen LogP contribution in [-0.2, 0) is 4.79 Å². The van der Waals surface area contributed by atoms with Crippen molar-refractivity contribution >= 4 is 5.91 Å². The Morgan fingerprint density at radius 1 is 1.14 bits per heavy atom. The lowest BCUT2D eigenvalue weighted by molar-refractivity contribution is -0.131. The van der Waals surface area contributed by atoms with Crippen molar-refractivity contribution in [2.45, 2.75) is 58.2 Å². The first-order valence-electron chi connectivity index (χ1n) is 8.30. The number of carbonyl (C=O) groups is 1. The Morgan fingerprint density at radius 2 is 1.81 bits per heavy atom. The quantitative estimate of drug-likeness (QED) is 0.923. The van der Waals surface area contributed by atoms with Gasteiger partial charge in [0.05, 0.1) is 6.54 Å². The zero-order chi connectivity index (χ0) is 14.8. The Balaban J connectivity index is 1.75. The van der Waals surface area contributed by atoms with Crippen LogP contribution in [0.25, 0.3) is 0 Å². The topological polar surface area (TPSA) is 32.3 Å². The molecule has 21 heavy (non-hydrogen) atoms. The molecule has 1 N–H and O–H groups in total. The van der Waals surface area contributed by atoms with Crippen molar-refractivity contribution in [1.82, 2.24) is 10.2 Å². The molecule has 1 aliphatic heterocycles. The first kappa shape index (κ1) is 14.6. The molecular weight excluding hydrogens is 260 g/mol. The van der Waals surface area contributed by atoms with Gasteiger partial charge in [0, 0.05) is 6.04 Å². The number of amides is 1. The third-order valence-electron chi connectivity index (χ3n) is 5.19. The van der Waals surface area contributed by atoms with E-state index >= 15 is 0 Å². The van der Waals surface area contributed by atoms with Crippen molar-refractivity contribution in [3.8, 4) is 0 Å². The van der Waals surface area contributed by atoms with Gasteiger partial charge in [-0.2, -0.15) is 0 Å². The molecule has 1 saturated heterocycles. The standard InChI is InChI=1S/C18H26N2O/c1-3-14-6-10-16(11-7-14)20-17(21)12-19-18(20)15-8-4-13(2)5-9-15/h4-5,8-9,14,16,18-19H,3,6-7,10-12H2,1-2H3. The molecule has 3 nitrogen and oxygen atoms in total. The molecule has 0 radical (unpaired) electrons. The molecule has 114 valence electrons. The van der Waals surface area contributed by atoms with E-state index in [1.807, 2.05) is 0 Å². The van der Waals surface area contributed by atoms with Crippen LogP contribution in [0.2, 0.25) is 0 Å². The Bertz CT molecular complexity index is 488. The molecule has 1 aliphatic carbocycles. The molecule has 0 aromatic heterocycles. The third-order valence-corrected chi connectivity index (χ3v) is 5.19. The molecule has 1 aromatic rings. The second-order valence-electron chi connectivity index (χ2n) is 6.58. The second-order valence-corrected chi connectivity index (χ2v) is 6.58. The summed E-state index contributed by atoms with van der Waals surface area (Å²) in [6.45, 7) is 4.86. The first-order valence-corrected chi connectivity index (χ1v) is 8.30. The number of hydrogen-bond acceptors (Lipinski definition) is 2. The number of benzene rings is 1. The molecule has 1 atom stereocenters. The van der Waals surface area contributed by atoms with Crippen molar-refractivity contribution in [2.75, 3.05) is 6.54 Å². The summed E-state index contributed by atoms with van der Waals surface area (Å²) in [7, 11) is 0. The lowest BCUT2D eigenvalue weighted by atomic mass is 9.83. The van der Waals surface area contributed by atoms with E-state index in [0.29, 0.717) is 12.6 Å². The maximum atomic E-state index is 12.3. The van der Waals surface area contributed by atoms with E-state index in [0.717, 1.165) is 18.8 Å². The van der Waals surface area contributed by atoms with Gasteiger partial charge in [0.15, 0.2) is 0 Å². The monoisotopic (exact) mass is 286 g/mol. The number of aryl methyl sites for hydroxylation is 1. The molecule has 3 heteroatoms. The number of carbonyl (C=O) groups excluding carboxylic acids is 1. The van der Waals surface area contributed by atoms with E-state index in [4.69, 9.17) is 0 Å². The van der Waals surface area contributed by atoms with Gasteiger partial charge in [-0.05, 0) is 44.1 Å². The lowest BCUT2D eigenvalue weighted by Crippen LogP contribution is -2.41. The predicted molar refractivity (Wildman–Crippen MR) is 84.8 cm³/mol. The number of nitrogens with zero attached hydrogens (tertiary/aromatic N) is 1. The Kier molecular flexibility index (Phi) is 4.29. The van der Waals surface area contributed by atoms with Crippen molar-refractivity contribution in [3.63, 3.8) is 0 Å². The minimum absolute atomic E-state index is 0.0706. The highest BCUT2D eigenvalue weighted by Gasteiger charge is 2.37. The van der Waals surface area contributed by atoms with Crippen LogP contribution in [0.4, 0.5) is 0 Å². The van der Waals surface area contributed by atoms with Crippen molar-refractivity contribution in [1.29, 1.82) is 0 Å². The fraction of sp³-hybridized carbons (Fsp3) is 0.611. The van der Waals surface area contributed by atoms with Crippen LogP contribution in [-0.4, -0.2) is 23.4 Å². The van der Waals surface area contributed by atoms with E-state index in [-0.39, 0.29) is 12.1 Å². The smallest absolute Gasteiger partial charge is 0.238 e. The SMILES string of the molecule is CCC1CCC(N2C(=O)CNC2c2ccc(C)cc2)CC1. The van der Waals surface area contributed by atoms with Crippen LogP contribution < -0.4 is 5.32 Å². The van der Waals surface area contributed by atoms with Crippen LogP contribution in [0.3, 0.4) is 0 Å². The predicted octanol–water partition coefficient (Wildman–Crippen LogP) is 3.39. The van der Waals surface area contributed by atoms with E-state index in [2.05, 4.69) is 48.3 Å². The minimum Gasteiger partial charge on any atom is -0.319 e. The van der Waals surface area contributed by atoms with Crippen LogP contribution in [0.1, 0.15) is 56.3 Å². The van der Waals surface area contributed by atoms with Crippen LogP contribution >= 0.6 is 0 Å². The molecule has 3 rings (SSSR count). The summed E-state index contributed by atoms with van der Waals surface area (Å²) < 4.78 is 0. The molecule has 0 bridgehead atoms. The molecule has 0 spiro atoms. The van der Waals surface area contributed by atoms with Gasteiger partial charge in [-0.3, -0.25) is 10.1 Å². The highest BCUT2D eigenvalue weighted by Crippen LogP contribution is 2.34. The Morgan fingerprint density at radius 3 is 2.43 bits per heavy atom. The van der Waals surface area contributed by atoms with Gasteiger partial charge < -0.3 is 4.90 Å². The van der Waals surface area contributed by atoms with E-state index in [1.54, 1.807) is 0 Å². The van der Waals surface area contributed by atoms with Gasteiger partial charge in [0.2, 0.25) is 5.91 Å². The van der Waals surface area contributed by atoms with Crippen LogP contribution in [0.15, 0.2) is 24.3 Å². The Hall–Kier alpha value is -1.35. The highest BCUT2D eigenvalue weighted by atomic mass is 16.2. The zero-order valence-corrected chi connectivity index (χ0v) is 13.1. The van der Waals surface area contributed by atoms with Gasteiger partial charge >= 0.3 is 0 Å². The number of rotatable bonds is 3. The normalized spacial score (nSPS) is 29.9. The van der Waals surface area contributed by atoms with Gasteiger partial charge in [0.25, 0.3) is 0 Å². The minimum atomic E-state index is 0.0706. The highest BCUT2D eigenvalue weighted by molar-refractivity contribution is 5.81. The first-order chi connectivity index (χ1) is 10.2. The molecule has 2 fully saturated rings. The van der Waals surface area contributed by atoms with E-state index in [9.17, 15) is 4.79 Å². The third kappa shape index (κ3) is 2.98. The summed E-state index contributed by atoms with van der Waals surface area (Å²) >= 11 is 0. The summed E-state index contributed by atoms with van der Waals surface area (Å²) in [6, 6.07) is 8.98. The molecule has 1 heterocycles. The average Bonchev–Trinajstić information content (AvgIpc) is 2.90. The summed E-state index contributed by atoms with van der Waals surface area (Å²) in [5, 5.41) is 3.39.